The van der Waals surface area contributed by atoms with Crippen molar-refractivity contribution in [3.05, 3.63) is 59.1 Å². The predicted octanol–water partition coefficient (Wildman–Crippen LogP) is 2.86. The van der Waals surface area contributed by atoms with Crippen LogP contribution in [0.4, 0.5) is 11.4 Å². The van der Waals surface area contributed by atoms with E-state index in [2.05, 4.69) is 5.32 Å². The van der Waals surface area contributed by atoms with Crippen LogP contribution in [0.1, 0.15) is 23.2 Å². The zero-order valence-corrected chi connectivity index (χ0v) is 18.0. The number of rotatable bonds is 5. The first-order valence-electron chi connectivity index (χ1n) is 10.5. The number of halogens is 1. The average Bonchev–Trinajstić information content (AvgIpc) is 3.21. The molecular weight excluding hydrogens is 416 g/mol. The van der Waals surface area contributed by atoms with E-state index in [9.17, 15) is 14.4 Å². The van der Waals surface area contributed by atoms with E-state index in [0.29, 0.717) is 55.4 Å². The van der Waals surface area contributed by atoms with Crippen molar-refractivity contribution >= 4 is 40.7 Å². The molecule has 0 radical (unpaired) electrons. The van der Waals surface area contributed by atoms with Gasteiger partial charge in [0.15, 0.2) is 0 Å². The summed E-state index contributed by atoms with van der Waals surface area (Å²) >= 11 is 6.09. The van der Waals surface area contributed by atoms with Gasteiger partial charge in [-0.15, -0.1) is 0 Å². The summed E-state index contributed by atoms with van der Waals surface area (Å²) in [6.45, 7) is 3.28. The molecule has 0 bridgehead atoms. The maximum absolute atomic E-state index is 13.0. The summed E-state index contributed by atoms with van der Waals surface area (Å²) < 4.78 is 0. The molecule has 2 saturated heterocycles. The SMILES string of the molecule is O=C(CN1CCN(C(=O)c2cccc(N3CCCC3=O)c2)CC1)Nc1ccccc1Cl. The van der Waals surface area contributed by atoms with E-state index in [1.54, 1.807) is 34.1 Å². The highest BCUT2D eigenvalue weighted by molar-refractivity contribution is 6.33. The topological polar surface area (TPSA) is 73.0 Å². The number of hydrogen-bond acceptors (Lipinski definition) is 4. The van der Waals surface area contributed by atoms with E-state index in [-0.39, 0.29) is 24.3 Å². The van der Waals surface area contributed by atoms with Gasteiger partial charge in [0.25, 0.3) is 5.91 Å². The Kier molecular flexibility index (Phi) is 6.53. The van der Waals surface area contributed by atoms with Gasteiger partial charge in [0.2, 0.25) is 11.8 Å². The van der Waals surface area contributed by atoms with Gasteiger partial charge in [-0.2, -0.15) is 0 Å². The molecule has 2 aromatic carbocycles. The number of nitrogens with zero attached hydrogens (tertiary/aromatic N) is 3. The third-order valence-electron chi connectivity index (χ3n) is 5.65. The van der Waals surface area contributed by atoms with E-state index in [4.69, 9.17) is 11.6 Å². The summed E-state index contributed by atoms with van der Waals surface area (Å²) in [5.74, 6) is -0.0715. The van der Waals surface area contributed by atoms with Gasteiger partial charge >= 0.3 is 0 Å². The molecule has 2 fully saturated rings. The Labute approximate surface area is 186 Å². The standard InChI is InChI=1S/C23H25ClN4O3/c24-19-7-1-2-8-20(19)25-21(29)16-26-11-13-27(14-12-26)23(31)17-5-3-6-18(15-17)28-10-4-9-22(28)30/h1-3,5-8,15H,4,9-14,16H2,(H,25,29). The van der Waals surface area contributed by atoms with Gasteiger partial charge in [-0.05, 0) is 36.8 Å². The molecule has 2 aromatic rings. The van der Waals surface area contributed by atoms with Crippen LogP contribution in [0.2, 0.25) is 5.02 Å². The van der Waals surface area contributed by atoms with Gasteiger partial charge in [-0.25, -0.2) is 0 Å². The second-order valence-corrected chi connectivity index (χ2v) is 8.20. The molecule has 1 N–H and O–H groups in total. The Balaban J connectivity index is 1.30. The minimum Gasteiger partial charge on any atom is -0.336 e. The Morgan fingerprint density at radius 3 is 2.45 bits per heavy atom. The number of anilines is 2. The molecule has 0 spiro atoms. The fourth-order valence-electron chi connectivity index (χ4n) is 3.98. The molecule has 0 aromatic heterocycles. The molecule has 162 valence electrons. The number of carbonyl (C=O) groups is 3. The van der Waals surface area contributed by atoms with E-state index in [0.717, 1.165) is 12.1 Å². The van der Waals surface area contributed by atoms with Crippen LogP contribution >= 0.6 is 11.6 Å². The number of benzene rings is 2. The highest BCUT2D eigenvalue weighted by Crippen LogP contribution is 2.23. The molecule has 3 amide bonds. The highest BCUT2D eigenvalue weighted by Gasteiger charge is 2.26. The number of carbonyl (C=O) groups excluding carboxylic acids is 3. The van der Waals surface area contributed by atoms with Crippen molar-refractivity contribution in [2.24, 2.45) is 0 Å². The first-order chi connectivity index (χ1) is 15.0. The van der Waals surface area contributed by atoms with Gasteiger partial charge in [0, 0.05) is 50.4 Å². The molecule has 2 aliphatic rings. The largest absolute Gasteiger partial charge is 0.336 e. The predicted molar refractivity (Wildman–Crippen MR) is 120 cm³/mol. The van der Waals surface area contributed by atoms with Crippen LogP contribution < -0.4 is 10.2 Å². The van der Waals surface area contributed by atoms with Crippen LogP contribution in [0.25, 0.3) is 0 Å². The van der Waals surface area contributed by atoms with Crippen LogP contribution in [-0.4, -0.2) is 66.8 Å². The van der Waals surface area contributed by atoms with Crippen molar-refractivity contribution in [1.82, 2.24) is 9.80 Å². The van der Waals surface area contributed by atoms with E-state index < -0.39 is 0 Å². The van der Waals surface area contributed by atoms with E-state index >= 15 is 0 Å². The molecule has 7 nitrogen and oxygen atoms in total. The number of hydrogen-bond donors (Lipinski definition) is 1. The number of amides is 3. The summed E-state index contributed by atoms with van der Waals surface area (Å²) in [7, 11) is 0. The summed E-state index contributed by atoms with van der Waals surface area (Å²) in [4.78, 5) is 42.9. The molecule has 31 heavy (non-hydrogen) atoms. The van der Waals surface area contributed by atoms with Crippen molar-refractivity contribution in [2.75, 3.05) is 49.5 Å². The van der Waals surface area contributed by atoms with Gasteiger partial charge in [-0.3, -0.25) is 19.3 Å². The van der Waals surface area contributed by atoms with Gasteiger partial charge in [0.05, 0.1) is 17.3 Å². The lowest BCUT2D eigenvalue weighted by molar-refractivity contribution is -0.118. The molecule has 0 saturated carbocycles. The van der Waals surface area contributed by atoms with E-state index in [1.807, 2.05) is 29.2 Å². The number of piperazine rings is 1. The van der Waals surface area contributed by atoms with Crippen LogP contribution in [0.15, 0.2) is 48.5 Å². The summed E-state index contributed by atoms with van der Waals surface area (Å²) in [6.07, 6.45) is 1.41. The van der Waals surface area contributed by atoms with Crippen LogP contribution in [-0.2, 0) is 9.59 Å². The normalized spacial score (nSPS) is 17.1. The Bertz CT molecular complexity index is 988. The number of para-hydroxylation sites is 1. The zero-order valence-electron chi connectivity index (χ0n) is 17.2. The monoisotopic (exact) mass is 440 g/mol. The molecule has 0 atom stereocenters. The lowest BCUT2D eigenvalue weighted by atomic mass is 10.1. The first-order valence-corrected chi connectivity index (χ1v) is 10.9. The van der Waals surface area contributed by atoms with Crippen LogP contribution in [0.3, 0.4) is 0 Å². The second-order valence-electron chi connectivity index (χ2n) is 7.80. The van der Waals surface area contributed by atoms with Gasteiger partial charge in [-0.1, -0.05) is 29.8 Å². The number of nitrogens with one attached hydrogen (secondary N) is 1. The third kappa shape index (κ3) is 5.06. The van der Waals surface area contributed by atoms with Crippen molar-refractivity contribution in [3.8, 4) is 0 Å². The molecule has 2 heterocycles. The minimum atomic E-state index is -0.129. The van der Waals surface area contributed by atoms with Gasteiger partial charge in [0.1, 0.15) is 0 Å². The molecule has 4 rings (SSSR count). The lowest BCUT2D eigenvalue weighted by Gasteiger charge is -2.34. The van der Waals surface area contributed by atoms with Crippen molar-refractivity contribution < 1.29 is 14.4 Å². The van der Waals surface area contributed by atoms with Crippen LogP contribution in [0, 0.1) is 0 Å². The minimum absolute atomic E-state index is 0.0475. The maximum Gasteiger partial charge on any atom is 0.254 e. The molecule has 2 aliphatic heterocycles. The Hall–Kier alpha value is -2.90. The maximum atomic E-state index is 13.0. The molecule has 8 heteroatoms. The van der Waals surface area contributed by atoms with Crippen molar-refractivity contribution in [1.29, 1.82) is 0 Å². The summed E-state index contributed by atoms with van der Waals surface area (Å²) in [6, 6.07) is 14.4. The fourth-order valence-corrected chi connectivity index (χ4v) is 4.16. The third-order valence-corrected chi connectivity index (χ3v) is 5.98. The lowest BCUT2D eigenvalue weighted by Crippen LogP contribution is -2.50. The summed E-state index contributed by atoms with van der Waals surface area (Å²) in [5.41, 5.74) is 1.96. The second kappa shape index (κ2) is 9.49. The van der Waals surface area contributed by atoms with Crippen molar-refractivity contribution in [2.45, 2.75) is 12.8 Å². The van der Waals surface area contributed by atoms with Gasteiger partial charge < -0.3 is 15.1 Å². The molecule has 0 unspecified atom stereocenters. The average molecular weight is 441 g/mol. The van der Waals surface area contributed by atoms with Crippen molar-refractivity contribution in [3.63, 3.8) is 0 Å². The highest BCUT2D eigenvalue weighted by atomic mass is 35.5. The zero-order chi connectivity index (χ0) is 21.8. The molecular formula is C23H25ClN4O3. The van der Waals surface area contributed by atoms with E-state index in [1.165, 1.54) is 0 Å². The molecule has 0 aliphatic carbocycles. The fraction of sp³-hybridized carbons (Fsp3) is 0.348. The Morgan fingerprint density at radius 1 is 0.968 bits per heavy atom. The quantitative estimate of drug-likeness (QED) is 0.776. The summed E-state index contributed by atoms with van der Waals surface area (Å²) in [5, 5.41) is 3.33. The Morgan fingerprint density at radius 2 is 1.74 bits per heavy atom. The first kappa shape index (κ1) is 21.3. The smallest absolute Gasteiger partial charge is 0.254 e. The van der Waals surface area contributed by atoms with Crippen LogP contribution in [0.5, 0.6) is 0 Å².